The topological polar surface area (TPSA) is 105 Å². The van der Waals surface area contributed by atoms with Gasteiger partial charge < -0.3 is 24.8 Å². The van der Waals surface area contributed by atoms with Crippen molar-refractivity contribution in [2.75, 3.05) is 19.7 Å². The Morgan fingerprint density at radius 3 is 2.76 bits per heavy atom. The van der Waals surface area contributed by atoms with Crippen molar-refractivity contribution in [3.8, 4) is 5.75 Å². The lowest BCUT2D eigenvalue weighted by atomic mass is 10.1. The van der Waals surface area contributed by atoms with E-state index in [2.05, 4.69) is 5.32 Å². The van der Waals surface area contributed by atoms with Crippen LogP contribution >= 0.6 is 0 Å². The Bertz CT molecular complexity index is 1100. The third kappa shape index (κ3) is 8.77. The second kappa shape index (κ2) is 14.2. The molecule has 2 amide bonds. The van der Waals surface area contributed by atoms with E-state index < -0.39 is 18.4 Å². The number of carbonyl (C=O) groups excluding carboxylic acids is 2. The number of alkyl halides is 1. The van der Waals surface area contributed by atoms with E-state index in [9.17, 15) is 18.8 Å². The highest BCUT2D eigenvalue weighted by molar-refractivity contribution is 5.94. The molecule has 3 rings (SSSR count). The summed E-state index contributed by atoms with van der Waals surface area (Å²) in [5.41, 5.74) is 0.427. The average Bonchev–Trinajstić information content (AvgIpc) is 3.34. The van der Waals surface area contributed by atoms with Crippen LogP contribution in [0.4, 0.5) is 9.18 Å². The minimum Gasteiger partial charge on any atom is -0.488 e. The van der Waals surface area contributed by atoms with Crippen molar-refractivity contribution in [3.05, 3.63) is 54.1 Å². The van der Waals surface area contributed by atoms with E-state index in [0.717, 1.165) is 10.8 Å². The molecular weight excluding hydrogens is 479 g/mol. The number of ether oxygens (including phenoxy) is 2. The van der Waals surface area contributed by atoms with Crippen molar-refractivity contribution < 1.29 is 33.4 Å². The van der Waals surface area contributed by atoms with Gasteiger partial charge in [0.25, 0.3) is 5.91 Å². The highest BCUT2D eigenvalue weighted by Crippen LogP contribution is 2.25. The Labute approximate surface area is 216 Å². The summed E-state index contributed by atoms with van der Waals surface area (Å²) in [5.74, 6) is -0.502. The van der Waals surface area contributed by atoms with Crippen molar-refractivity contribution in [2.24, 2.45) is 0 Å². The van der Waals surface area contributed by atoms with Crippen molar-refractivity contribution in [3.63, 3.8) is 0 Å². The zero-order valence-electron chi connectivity index (χ0n) is 21.2. The molecule has 1 heterocycles. The molecule has 2 aromatic carbocycles. The Morgan fingerprint density at radius 1 is 1.19 bits per heavy atom. The zero-order chi connectivity index (χ0) is 26.6. The van der Waals surface area contributed by atoms with Gasteiger partial charge in [0.2, 0.25) is 6.36 Å². The zero-order valence-corrected chi connectivity index (χ0v) is 21.2. The molecule has 37 heavy (non-hydrogen) atoms. The Balaban J connectivity index is 1.61. The molecule has 1 aliphatic rings. The monoisotopic (exact) mass is 514 g/mol. The molecule has 2 unspecified atom stereocenters. The standard InChI is InChI=1S/C28H35FN2O6/c1-2-9-25(29)37-28(35)31-17-16-22(18-31)30-27(34)21(11-4-3-5-15-26(32)33)19-36-24-14-8-12-20-10-6-7-13-23(20)24/h6-8,10-14,22,25H,2-5,9,15-19H2,1H3,(H,30,34)(H,32,33). The van der Waals surface area contributed by atoms with Crippen molar-refractivity contribution in [2.45, 2.75) is 64.3 Å². The van der Waals surface area contributed by atoms with E-state index in [-0.39, 0.29) is 37.9 Å². The van der Waals surface area contributed by atoms with Gasteiger partial charge in [-0.1, -0.05) is 49.4 Å². The summed E-state index contributed by atoms with van der Waals surface area (Å²) in [6.07, 6.45) is 2.43. The van der Waals surface area contributed by atoms with Gasteiger partial charge in [0, 0.05) is 37.4 Å². The van der Waals surface area contributed by atoms with Crippen LogP contribution in [0.3, 0.4) is 0 Å². The summed E-state index contributed by atoms with van der Waals surface area (Å²) in [5, 5.41) is 13.8. The molecule has 200 valence electrons. The van der Waals surface area contributed by atoms with Gasteiger partial charge in [0.1, 0.15) is 12.4 Å². The second-order valence-electron chi connectivity index (χ2n) is 9.12. The Hall–Kier alpha value is -3.62. The maximum absolute atomic E-state index is 13.7. The number of aliphatic carboxylic acids is 1. The number of rotatable bonds is 13. The molecule has 1 fully saturated rings. The number of hydrogen-bond donors (Lipinski definition) is 2. The molecule has 0 bridgehead atoms. The maximum atomic E-state index is 13.7. The predicted molar refractivity (Wildman–Crippen MR) is 138 cm³/mol. The van der Waals surface area contributed by atoms with E-state index in [1.54, 1.807) is 6.08 Å². The normalized spacial score (nSPS) is 16.4. The van der Waals surface area contributed by atoms with Crippen molar-refractivity contribution in [1.29, 1.82) is 0 Å². The third-order valence-electron chi connectivity index (χ3n) is 6.19. The van der Waals surface area contributed by atoms with Crippen molar-refractivity contribution >= 4 is 28.7 Å². The van der Waals surface area contributed by atoms with Crippen LogP contribution in [0.5, 0.6) is 5.75 Å². The van der Waals surface area contributed by atoms with Crippen LogP contribution in [0, 0.1) is 0 Å². The van der Waals surface area contributed by atoms with E-state index in [4.69, 9.17) is 14.6 Å². The van der Waals surface area contributed by atoms with E-state index >= 15 is 0 Å². The number of fused-ring (bicyclic) bond motifs is 1. The van der Waals surface area contributed by atoms with Crippen LogP contribution in [0.15, 0.2) is 54.1 Å². The molecule has 0 aromatic heterocycles. The van der Waals surface area contributed by atoms with Gasteiger partial charge in [-0.3, -0.25) is 9.59 Å². The molecule has 0 saturated carbocycles. The number of unbranched alkanes of at least 4 members (excludes halogenated alkanes) is 2. The molecule has 1 aliphatic heterocycles. The highest BCUT2D eigenvalue weighted by atomic mass is 19.1. The molecule has 0 spiro atoms. The first-order valence-electron chi connectivity index (χ1n) is 12.8. The average molecular weight is 515 g/mol. The minimum atomic E-state index is -1.63. The van der Waals surface area contributed by atoms with Gasteiger partial charge in [-0.05, 0) is 43.6 Å². The maximum Gasteiger partial charge on any atom is 0.412 e. The Morgan fingerprint density at radius 2 is 1.97 bits per heavy atom. The van der Waals surface area contributed by atoms with Gasteiger partial charge >= 0.3 is 12.1 Å². The molecule has 1 saturated heterocycles. The van der Waals surface area contributed by atoms with Gasteiger partial charge in [0.05, 0.1) is 5.57 Å². The lowest BCUT2D eigenvalue weighted by molar-refractivity contribution is -0.137. The molecule has 8 nitrogen and oxygen atoms in total. The molecule has 2 N–H and O–H groups in total. The predicted octanol–water partition coefficient (Wildman–Crippen LogP) is 5.21. The van der Waals surface area contributed by atoms with Crippen molar-refractivity contribution in [1.82, 2.24) is 10.2 Å². The molecule has 2 aromatic rings. The largest absolute Gasteiger partial charge is 0.488 e. The van der Waals surface area contributed by atoms with E-state index in [1.165, 1.54) is 4.90 Å². The number of halogens is 1. The lowest BCUT2D eigenvalue weighted by Crippen LogP contribution is -2.40. The first-order chi connectivity index (χ1) is 17.9. The number of hydrogen-bond acceptors (Lipinski definition) is 5. The van der Waals surface area contributed by atoms with Crippen LogP contribution in [-0.2, 0) is 14.3 Å². The summed E-state index contributed by atoms with van der Waals surface area (Å²) >= 11 is 0. The third-order valence-corrected chi connectivity index (χ3v) is 6.19. The van der Waals surface area contributed by atoms with E-state index in [0.29, 0.717) is 50.0 Å². The van der Waals surface area contributed by atoms with Crippen LogP contribution in [0.25, 0.3) is 10.8 Å². The number of allylic oxidation sites excluding steroid dienone is 1. The van der Waals surface area contributed by atoms with Gasteiger partial charge in [0.15, 0.2) is 0 Å². The second-order valence-corrected chi connectivity index (χ2v) is 9.12. The number of amides is 2. The summed E-state index contributed by atoms with van der Waals surface area (Å²) in [6.45, 7) is 2.45. The number of likely N-dealkylation sites (tertiary alicyclic amines) is 1. The first-order valence-corrected chi connectivity index (χ1v) is 12.8. The number of carbonyl (C=O) groups is 3. The number of nitrogens with one attached hydrogen (secondary N) is 1. The fourth-order valence-corrected chi connectivity index (χ4v) is 4.18. The Kier molecular flexibility index (Phi) is 10.7. The van der Waals surface area contributed by atoms with Gasteiger partial charge in [-0.25, -0.2) is 9.18 Å². The van der Waals surface area contributed by atoms with Crippen LogP contribution in [0.1, 0.15) is 51.9 Å². The minimum absolute atomic E-state index is 0.0395. The fraction of sp³-hybridized carbons (Fsp3) is 0.464. The number of benzene rings is 2. The molecule has 0 aliphatic carbocycles. The summed E-state index contributed by atoms with van der Waals surface area (Å²) in [7, 11) is 0. The smallest absolute Gasteiger partial charge is 0.412 e. The number of carboxylic acids is 1. The molecular formula is C28H35FN2O6. The molecule has 9 heteroatoms. The van der Waals surface area contributed by atoms with Crippen LogP contribution in [-0.4, -0.2) is 60.1 Å². The number of nitrogens with zero attached hydrogens (tertiary/aromatic N) is 1. The number of carboxylic acid groups (broad SMARTS) is 1. The lowest BCUT2D eigenvalue weighted by Gasteiger charge is -2.19. The van der Waals surface area contributed by atoms with Crippen LogP contribution in [0.2, 0.25) is 0 Å². The first kappa shape index (κ1) is 28.0. The highest BCUT2D eigenvalue weighted by Gasteiger charge is 2.30. The van der Waals surface area contributed by atoms with Crippen LogP contribution < -0.4 is 10.1 Å². The molecule has 2 atom stereocenters. The van der Waals surface area contributed by atoms with Gasteiger partial charge in [-0.2, -0.15) is 0 Å². The fourth-order valence-electron chi connectivity index (χ4n) is 4.18. The summed E-state index contributed by atoms with van der Waals surface area (Å²) in [4.78, 5) is 37.5. The van der Waals surface area contributed by atoms with Gasteiger partial charge in [-0.15, -0.1) is 0 Å². The summed E-state index contributed by atoms with van der Waals surface area (Å²) in [6, 6.07) is 13.2. The summed E-state index contributed by atoms with van der Waals surface area (Å²) < 4.78 is 24.5. The van der Waals surface area contributed by atoms with E-state index in [1.807, 2.05) is 49.4 Å². The quantitative estimate of drug-likeness (QED) is 0.281. The SMILES string of the molecule is CCCC(F)OC(=O)N1CCC(NC(=O)C(=CCCCCC(=O)O)COc2cccc3ccccc23)C1. The molecule has 0 radical (unpaired) electrons.